The zero-order valence-electron chi connectivity index (χ0n) is 17.0. The third-order valence-electron chi connectivity index (χ3n) is 5.09. The van der Waals surface area contributed by atoms with Crippen LogP contribution in [0.5, 0.6) is 0 Å². The van der Waals surface area contributed by atoms with E-state index >= 15 is 0 Å². The molecule has 8 nitrogen and oxygen atoms in total. The fraction of sp³-hybridized carbons (Fsp3) is 0.450. The van der Waals surface area contributed by atoms with Crippen LogP contribution in [0.3, 0.4) is 0 Å². The van der Waals surface area contributed by atoms with E-state index in [0.717, 1.165) is 16.4 Å². The third-order valence-corrected chi connectivity index (χ3v) is 6.99. The third kappa shape index (κ3) is 5.24. The van der Waals surface area contributed by atoms with E-state index in [1.165, 1.54) is 10.4 Å². The molecule has 1 aromatic heterocycles. The molecule has 3 rings (SSSR count). The second kappa shape index (κ2) is 9.08. The maximum Gasteiger partial charge on any atom is 0.282 e. The van der Waals surface area contributed by atoms with Crippen molar-refractivity contribution in [2.24, 2.45) is 0 Å². The fourth-order valence-corrected chi connectivity index (χ4v) is 4.61. The molecule has 1 aliphatic rings. The highest BCUT2D eigenvalue weighted by molar-refractivity contribution is 7.89. The Hall–Kier alpha value is -2.20. The van der Waals surface area contributed by atoms with Gasteiger partial charge < -0.3 is 19.4 Å². The number of sulfonamides is 1. The van der Waals surface area contributed by atoms with Crippen LogP contribution in [0.15, 0.2) is 45.7 Å². The molecule has 2 N–H and O–H groups in total. The number of ether oxygens (including phenoxy) is 1. The predicted octanol–water partition coefficient (Wildman–Crippen LogP) is 0.651. The monoisotopic (exact) mass is 422 g/mol. The van der Waals surface area contributed by atoms with Crippen molar-refractivity contribution in [1.82, 2.24) is 4.31 Å². The summed E-state index contributed by atoms with van der Waals surface area (Å²) >= 11 is 0. The van der Waals surface area contributed by atoms with Crippen LogP contribution in [0.4, 0.5) is 5.69 Å². The van der Waals surface area contributed by atoms with Crippen LogP contribution in [0.2, 0.25) is 0 Å². The number of furan rings is 1. The number of nitrogens with one attached hydrogen (secondary N) is 2. The highest BCUT2D eigenvalue weighted by Gasteiger charge is 2.27. The average Bonchev–Trinajstić information content (AvgIpc) is 3.12. The van der Waals surface area contributed by atoms with Crippen molar-refractivity contribution in [3.05, 3.63) is 47.9 Å². The Morgan fingerprint density at radius 3 is 2.62 bits per heavy atom. The minimum absolute atomic E-state index is 0.164. The van der Waals surface area contributed by atoms with Gasteiger partial charge in [-0.1, -0.05) is 6.07 Å². The summed E-state index contributed by atoms with van der Waals surface area (Å²) in [6.07, 6.45) is 0. The first kappa shape index (κ1) is 21.5. The van der Waals surface area contributed by atoms with Crippen LogP contribution in [0, 0.1) is 6.92 Å². The molecule has 2 aromatic rings. The van der Waals surface area contributed by atoms with E-state index in [1.54, 1.807) is 18.2 Å². The lowest BCUT2D eigenvalue weighted by Gasteiger charge is -2.26. The average molecular weight is 423 g/mol. The molecule has 0 spiro atoms. The predicted molar refractivity (Wildman–Crippen MR) is 108 cm³/mol. The van der Waals surface area contributed by atoms with Gasteiger partial charge in [0.15, 0.2) is 11.8 Å². The first-order valence-corrected chi connectivity index (χ1v) is 11.1. The van der Waals surface area contributed by atoms with Gasteiger partial charge in [0.25, 0.3) is 5.91 Å². The van der Waals surface area contributed by atoms with E-state index in [-0.39, 0.29) is 16.8 Å². The molecule has 1 fully saturated rings. The minimum Gasteiger partial charge on any atom is -0.460 e. The molecule has 2 atom stereocenters. The molecule has 1 saturated heterocycles. The lowest BCUT2D eigenvalue weighted by molar-refractivity contribution is -0.908. The number of carbonyl (C=O) groups excluding carboxylic acids is 1. The van der Waals surface area contributed by atoms with Crippen LogP contribution in [-0.4, -0.2) is 58.0 Å². The smallest absolute Gasteiger partial charge is 0.282 e. The Morgan fingerprint density at radius 1 is 1.24 bits per heavy atom. The van der Waals surface area contributed by atoms with Crippen LogP contribution < -0.4 is 10.2 Å². The van der Waals surface area contributed by atoms with Gasteiger partial charge in [-0.25, -0.2) is 8.42 Å². The van der Waals surface area contributed by atoms with Crippen molar-refractivity contribution in [2.75, 3.05) is 38.7 Å². The van der Waals surface area contributed by atoms with Crippen LogP contribution in [0.25, 0.3) is 0 Å². The Kier molecular flexibility index (Phi) is 6.74. The molecule has 0 bridgehead atoms. The van der Waals surface area contributed by atoms with Crippen molar-refractivity contribution in [3.8, 4) is 0 Å². The van der Waals surface area contributed by atoms with Crippen LogP contribution in [0.1, 0.15) is 18.4 Å². The number of nitrogens with zero attached hydrogens (tertiary/aromatic N) is 1. The van der Waals surface area contributed by atoms with E-state index in [1.807, 2.05) is 33.0 Å². The molecule has 2 heterocycles. The Bertz CT molecular complexity index is 951. The zero-order valence-corrected chi connectivity index (χ0v) is 17.8. The molecule has 0 saturated carbocycles. The van der Waals surface area contributed by atoms with Crippen molar-refractivity contribution < 1.29 is 27.3 Å². The number of morpholine rings is 1. The van der Waals surface area contributed by atoms with Crippen molar-refractivity contribution in [1.29, 1.82) is 0 Å². The standard InChI is InChI=1S/C20H27N3O5S/c1-15-7-8-18(28-15)14-22(3)16(2)20(24)21-17-5-4-6-19(13-17)29(25,26)23-9-11-27-12-10-23/h4-8,13,16H,9-12,14H2,1-3H3,(H,21,24)/p+1/t16-/m0/s1. The Balaban J connectivity index is 1.66. The normalized spacial score (nSPS) is 17.6. The number of hydrogen-bond donors (Lipinski definition) is 2. The van der Waals surface area contributed by atoms with Crippen molar-refractivity contribution >= 4 is 21.6 Å². The van der Waals surface area contributed by atoms with E-state index in [4.69, 9.17) is 9.15 Å². The molecule has 1 aromatic carbocycles. The van der Waals surface area contributed by atoms with Gasteiger partial charge in [0, 0.05) is 18.8 Å². The summed E-state index contributed by atoms with van der Waals surface area (Å²) in [7, 11) is -1.69. The summed E-state index contributed by atoms with van der Waals surface area (Å²) in [5.74, 6) is 1.47. The number of carbonyl (C=O) groups is 1. The van der Waals surface area contributed by atoms with E-state index in [9.17, 15) is 13.2 Å². The number of amides is 1. The second-order valence-corrected chi connectivity index (χ2v) is 9.23. The topological polar surface area (TPSA) is 93.3 Å². The molecule has 158 valence electrons. The summed E-state index contributed by atoms with van der Waals surface area (Å²) in [5.41, 5.74) is 0.456. The van der Waals surface area contributed by atoms with Gasteiger partial charge in [-0.3, -0.25) is 4.79 Å². The molecule has 1 amide bonds. The summed E-state index contributed by atoms with van der Waals surface area (Å²) < 4.78 is 37.8. The fourth-order valence-electron chi connectivity index (χ4n) is 3.15. The van der Waals surface area contributed by atoms with Gasteiger partial charge in [-0.05, 0) is 44.2 Å². The molecule has 0 aliphatic carbocycles. The lowest BCUT2D eigenvalue weighted by atomic mass is 10.2. The molecule has 1 unspecified atom stereocenters. The van der Waals surface area contributed by atoms with Gasteiger partial charge >= 0.3 is 0 Å². The number of anilines is 1. The van der Waals surface area contributed by atoms with E-state index < -0.39 is 10.0 Å². The van der Waals surface area contributed by atoms with Gasteiger partial charge in [0.1, 0.15) is 12.3 Å². The SMILES string of the molecule is Cc1ccc(C[NH+](C)[C@@H](C)C(=O)Nc2cccc(S(=O)(=O)N3CCOCC3)c2)o1. The molecule has 1 aliphatic heterocycles. The first-order chi connectivity index (χ1) is 13.8. The molecule has 9 heteroatoms. The number of hydrogen-bond acceptors (Lipinski definition) is 5. The van der Waals surface area contributed by atoms with Gasteiger partial charge in [0.2, 0.25) is 10.0 Å². The minimum atomic E-state index is -3.61. The quantitative estimate of drug-likeness (QED) is 0.684. The number of benzene rings is 1. The Morgan fingerprint density at radius 2 is 1.97 bits per heavy atom. The largest absolute Gasteiger partial charge is 0.460 e. The molecular weight excluding hydrogens is 394 g/mol. The van der Waals surface area contributed by atoms with Crippen molar-refractivity contribution in [3.63, 3.8) is 0 Å². The summed E-state index contributed by atoms with van der Waals surface area (Å²) in [4.78, 5) is 13.8. The highest BCUT2D eigenvalue weighted by atomic mass is 32.2. The maximum absolute atomic E-state index is 12.8. The summed E-state index contributed by atoms with van der Waals surface area (Å²) in [6, 6.07) is 9.82. The molecular formula is C20H28N3O5S+. The zero-order chi connectivity index (χ0) is 21.0. The second-order valence-electron chi connectivity index (χ2n) is 7.29. The summed E-state index contributed by atoms with van der Waals surface area (Å²) in [6.45, 7) is 5.72. The summed E-state index contributed by atoms with van der Waals surface area (Å²) in [5, 5.41) is 2.83. The highest BCUT2D eigenvalue weighted by Crippen LogP contribution is 2.20. The number of rotatable bonds is 7. The van der Waals surface area contributed by atoms with Gasteiger partial charge in [-0.15, -0.1) is 0 Å². The van der Waals surface area contributed by atoms with E-state index in [0.29, 0.717) is 38.5 Å². The van der Waals surface area contributed by atoms with Crippen LogP contribution in [-0.2, 0) is 26.1 Å². The number of quaternary nitrogens is 1. The maximum atomic E-state index is 12.8. The van der Waals surface area contributed by atoms with Crippen LogP contribution >= 0.6 is 0 Å². The lowest BCUT2D eigenvalue weighted by Crippen LogP contribution is -3.12. The van der Waals surface area contributed by atoms with E-state index in [2.05, 4.69) is 5.32 Å². The Labute approximate surface area is 171 Å². The number of likely N-dealkylation sites (N-methyl/N-ethyl adjacent to an activating group) is 1. The van der Waals surface area contributed by atoms with Gasteiger partial charge in [-0.2, -0.15) is 4.31 Å². The number of aryl methyl sites for hydroxylation is 1. The van der Waals surface area contributed by atoms with Gasteiger partial charge in [0.05, 0.1) is 25.2 Å². The first-order valence-electron chi connectivity index (χ1n) is 9.64. The molecule has 29 heavy (non-hydrogen) atoms. The van der Waals surface area contributed by atoms with Crippen molar-refractivity contribution in [2.45, 2.75) is 31.3 Å². The molecule has 0 radical (unpaired) electrons.